The van der Waals surface area contributed by atoms with Crippen molar-refractivity contribution in [2.24, 2.45) is 5.41 Å². The molecule has 4 heterocycles. The van der Waals surface area contributed by atoms with Crippen molar-refractivity contribution in [2.45, 2.75) is 32.3 Å². The lowest BCUT2D eigenvalue weighted by molar-refractivity contribution is -0.0365. The molecule has 2 aliphatic heterocycles. The van der Waals surface area contributed by atoms with E-state index in [2.05, 4.69) is 19.9 Å². The molecule has 4 rings (SSSR count). The number of carbonyl (C=O) groups excluding carboxylic acids is 1. The number of piperidine rings is 2. The maximum absolute atomic E-state index is 12.9. The van der Waals surface area contributed by atoms with Crippen LogP contribution in [0, 0.1) is 12.3 Å². The number of amides is 1. The van der Waals surface area contributed by atoms with Gasteiger partial charge in [0, 0.05) is 49.6 Å². The van der Waals surface area contributed by atoms with Gasteiger partial charge in [-0.25, -0.2) is 4.98 Å². The van der Waals surface area contributed by atoms with Crippen LogP contribution in [0.1, 0.15) is 35.3 Å². The number of aromatic nitrogens is 3. The molecule has 2 atom stereocenters. The highest BCUT2D eigenvalue weighted by atomic mass is 16.3. The molecular weight excluding hydrogens is 356 g/mol. The van der Waals surface area contributed by atoms with Crippen LogP contribution in [-0.4, -0.2) is 63.1 Å². The summed E-state index contributed by atoms with van der Waals surface area (Å²) < 4.78 is 0. The minimum atomic E-state index is -0.467. The van der Waals surface area contributed by atoms with Gasteiger partial charge in [0.1, 0.15) is 11.5 Å². The number of pyridine rings is 1. The van der Waals surface area contributed by atoms with E-state index in [9.17, 15) is 9.90 Å². The number of anilines is 2. The molecule has 28 heavy (non-hydrogen) atoms. The third-order valence-corrected chi connectivity index (χ3v) is 5.95. The van der Waals surface area contributed by atoms with Crippen LogP contribution >= 0.6 is 0 Å². The first-order valence-electron chi connectivity index (χ1n) is 9.71. The molecule has 2 aromatic heterocycles. The molecule has 2 fully saturated rings. The zero-order valence-electron chi connectivity index (χ0n) is 16.1. The Labute approximate surface area is 164 Å². The molecule has 2 aromatic rings. The summed E-state index contributed by atoms with van der Waals surface area (Å²) in [6.07, 6.45) is 5.21. The van der Waals surface area contributed by atoms with Crippen molar-refractivity contribution in [1.29, 1.82) is 0 Å². The highest BCUT2D eigenvalue weighted by Gasteiger charge is 2.47. The van der Waals surface area contributed by atoms with Crippen molar-refractivity contribution >= 4 is 17.7 Å². The third kappa shape index (κ3) is 3.40. The first-order chi connectivity index (χ1) is 13.5. The Balaban J connectivity index is 1.56. The smallest absolute Gasteiger partial charge is 0.272 e. The topological polar surface area (TPSA) is 108 Å². The number of nitrogens with two attached hydrogens (primary N) is 1. The van der Waals surface area contributed by atoms with E-state index in [0.717, 1.165) is 18.4 Å². The fraction of sp³-hybridized carbons (Fsp3) is 0.500. The zero-order chi connectivity index (χ0) is 19.7. The van der Waals surface area contributed by atoms with Crippen molar-refractivity contribution in [3.63, 3.8) is 0 Å². The van der Waals surface area contributed by atoms with Crippen molar-refractivity contribution < 1.29 is 9.90 Å². The number of hydrogen-bond donors (Lipinski definition) is 2. The molecule has 1 spiro atoms. The number of likely N-dealkylation sites (tertiary alicyclic amines) is 1. The lowest BCUT2D eigenvalue weighted by atomic mass is 9.71. The van der Waals surface area contributed by atoms with Crippen molar-refractivity contribution in [2.75, 3.05) is 36.8 Å². The minimum Gasteiger partial charge on any atom is -0.392 e. The molecule has 8 heteroatoms. The van der Waals surface area contributed by atoms with Crippen LogP contribution in [0.3, 0.4) is 0 Å². The molecule has 0 aromatic carbocycles. The molecule has 1 amide bonds. The molecule has 0 saturated carbocycles. The zero-order valence-corrected chi connectivity index (χ0v) is 16.1. The predicted molar refractivity (Wildman–Crippen MR) is 106 cm³/mol. The highest BCUT2D eigenvalue weighted by Crippen LogP contribution is 2.40. The summed E-state index contributed by atoms with van der Waals surface area (Å²) >= 11 is 0. The Bertz CT molecular complexity index is 861. The summed E-state index contributed by atoms with van der Waals surface area (Å²) in [5.74, 6) is 0.975. The minimum absolute atomic E-state index is 0.0835. The molecule has 2 saturated heterocycles. The second kappa shape index (κ2) is 7.35. The Hall–Kier alpha value is -2.74. The average molecular weight is 382 g/mol. The van der Waals surface area contributed by atoms with E-state index in [1.165, 1.54) is 0 Å². The summed E-state index contributed by atoms with van der Waals surface area (Å²) in [4.78, 5) is 29.8. The van der Waals surface area contributed by atoms with Gasteiger partial charge in [0.25, 0.3) is 5.91 Å². The Morgan fingerprint density at radius 2 is 2.14 bits per heavy atom. The molecule has 0 aliphatic carbocycles. The summed E-state index contributed by atoms with van der Waals surface area (Å²) in [6.45, 7) is 4.32. The summed E-state index contributed by atoms with van der Waals surface area (Å²) in [5.41, 5.74) is 6.85. The van der Waals surface area contributed by atoms with Gasteiger partial charge in [-0.2, -0.15) is 4.98 Å². The van der Waals surface area contributed by atoms with Gasteiger partial charge in [0.05, 0.1) is 6.10 Å². The van der Waals surface area contributed by atoms with Crippen LogP contribution in [0.2, 0.25) is 0 Å². The molecular formula is C20H26N6O2. The SMILES string of the molecule is Cc1cnc(N2CC[C@@H](O)[C@]3(CCCN(C(=O)c4ccccn4)C3)C2)nc1N. The summed E-state index contributed by atoms with van der Waals surface area (Å²) in [7, 11) is 0. The fourth-order valence-electron chi connectivity index (χ4n) is 4.30. The number of aliphatic hydroxyl groups is 1. The van der Waals surface area contributed by atoms with Gasteiger partial charge >= 0.3 is 0 Å². The highest BCUT2D eigenvalue weighted by molar-refractivity contribution is 5.92. The van der Waals surface area contributed by atoms with E-state index < -0.39 is 11.5 Å². The van der Waals surface area contributed by atoms with Crippen LogP contribution in [0.5, 0.6) is 0 Å². The van der Waals surface area contributed by atoms with Gasteiger partial charge in [-0.1, -0.05) is 6.07 Å². The monoisotopic (exact) mass is 382 g/mol. The molecule has 0 unspecified atom stereocenters. The molecule has 3 N–H and O–H groups in total. The van der Waals surface area contributed by atoms with Gasteiger partial charge in [0.2, 0.25) is 5.95 Å². The number of carbonyl (C=O) groups is 1. The second-order valence-corrected chi connectivity index (χ2v) is 7.87. The maximum Gasteiger partial charge on any atom is 0.272 e. The Morgan fingerprint density at radius 3 is 2.89 bits per heavy atom. The van der Waals surface area contributed by atoms with Gasteiger partial charge < -0.3 is 20.6 Å². The number of nitrogens with zero attached hydrogens (tertiary/aromatic N) is 5. The normalized spacial score (nSPS) is 25.1. The number of aliphatic hydroxyl groups excluding tert-OH is 1. The van der Waals surface area contributed by atoms with Crippen LogP contribution in [0.15, 0.2) is 30.6 Å². The molecule has 0 bridgehead atoms. The molecule has 148 valence electrons. The fourth-order valence-corrected chi connectivity index (χ4v) is 4.30. The van der Waals surface area contributed by atoms with E-state index >= 15 is 0 Å². The number of nitrogen functional groups attached to an aromatic ring is 1. The summed E-state index contributed by atoms with van der Waals surface area (Å²) in [6, 6.07) is 5.34. The van der Waals surface area contributed by atoms with E-state index in [4.69, 9.17) is 5.73 Å². The number of hydrogen-bond acceptors (Lipinski definition) is 7. The van der Waals surface area contributed by atoms with Gasteiger partial charge in [0.15, 0.2) is 0 Å². The second-order valence-electron chi connectivity index (χ2n) is 7.87. The standard InChI is InChI=1S/C20H26N6O2/c1-14-11-23-19(24-17(14)21)26-10-6-16(27)20(13-26)7-4-9-25(12-20)18(28)15-5-2-3-8-22-15/h2-3,5,8,11,16,27H,4,6-7,9-10,12-13H2,1H3,(H2,21,23,24)/t16-,20+/m1/s1. The predicted octanol–water partition coefficient (Wildman–Crippen LogP) is 1.26. The van der Waals surface area contributed by atoms with Crippen LogP contribution < -0.4 is 10.6 Å². The van der Waals surface area contributed by atoms with Crippen molar-refractivity contribution in [1.82, 2.24) is 19.9 Å². The first kappa shape index (κ1) is 18.6. The van der Waals surface area contributed by atoms with Gasteiger partial charge in [-0.15, -0.1) is 0 Å². The van der Waals surface area contributed by atoms with Crippen molar-refractivity contribution in [3.8, 4) is 0 Å². The largest absolute Gasteiger partial charge is 0.392 e. The molecule has 2 aliphatic rings. The number of rotatable bonds is 2. The van der Waals surface area contributed by atoms with Crippen LogP contribution in [0.4, 0.5) is 11.8 Å². The van der Waals surface area contributed by atoms with Crippen LogP contribution in [0.25, 0.3) is 0 Å². The summed E-state index contributed by atoms with van der Waals surface area (Å²) in [5, 5.41) is 10.9. The molecule has 8 nitrogen and oxygen atoms in total. The third-order valence-electron chi connectivity index (χ3n) is 5.95. The quantitative estimate of drug-likeness (QED) is 0.805. The molecule has 0 radical (unpaired) electrons. The van der Waals surface area contributed by atoms with Gasteiger partial charge in [-0.3, -0.25) is 9.78 Å². The average Bonchev–Trinajstić information content (AvgIpc) is 2.72. The van der Waals surface area contributed by atoms with E-state index in [1.54, 1.807) is 24.5 Å². The van der Waals surface area contributed by atoms with E-state index in [-0.39, 0.29) is 5.91 Å². The van der Waals surface area contributed by atoms with E-state index in [0.29, 0.717) is 50.1 Å². The Morgan fingerprint density at radius 1 is 1.29 bits per heavy atom. The number of aryl methyl sites for hydroxylation is 1. The first-order valence-corrected chi connectivity index (χ1v) is 9.71. The maximum atomic E-state index is 12.9. The Kier molecular flexibility index (Phi) is 4.89. The van der Waals surface area contributed by atoms with E-state index in [1.807, 2.05) is 17.9 Å². The van der Waals surface area contributed by atoms with Gasteiger partial charge in [-0.05, 0) is 38.3 Å². The lowest BCUT2D eigenvalue weighted by Gasteiger charge is -2.51. The van der Waals surface area contributed by atoms with Crippen molar-refractivity contribution in [3.05, 3.63) is 41.9 Å². The lowest BCUT2D eigenvalue weighted by Crippen LogP contribution is -2.60. The van der Waals surface area contributed by atoms with Crippen LogP contribution in [-0.2, 0) is 0 Å².